The summed E-state index contributed by atoms with van der Waals surface area (Å²) in [6.45, 7) is 2.52. The lowest BCUT2D eigenvalue weighted by molar-refractivity contribution is -0.121. The molecule has 2 atom stereocenters. The summed E-state index contributed by atoms with van der Waals surface area (Å²) >= 11 is 6.21. The number of rotatable bonds is 9. The number of hydrogen-bond acceptors (Lipinski definition) is 8. The molecule has 0 radical (unpaired) electrons. The molecule has 1 aliphatic heterocycles. The molecule has 222 valence electrons. The second-order valence-corrected chi connectivity index (χ2v) is 10.5. The number of esters is 1. The quantitative estimate of drug-likeness (QED) is 0.264. The lowest BCUT2D eigenvalue weighted by Gasteiger charge is -2.28. The number of carbonyl (C=O) groups is 2. The maximum Gasteiger partial charge on any atom is 0.358 e. The Kier molecular flexibility index (Phi) is 9.09. The van der Waals surface area contributed by atoms with E-state index in [0.717, 1.165) is 19.3 Å². The number of anilines is 1. The van der Waals surface area contributed by atoms with Crippen LogP contribution in [0.4, 0.5) is 5.69 Å². The molecule has 11 nitrogen and oxygen atoms in total. The fourth-order valence-electron chi connectivity index (χ4n) is 5.17. The van der Waals surface area contributed by atoms with Crippen LogP contribution >= 0.6 is 11.6 Å². The van der Waals surface area contributed by atoms with Crippen molar-refractivity contribution in [2.45, 2.75) is 44.8 Å². The van der Waals surface area contributed by atoms with Gasteiger partial charge in [0.2, 0.25) is 5.91 Å². The van der Waals surface area contributed by atoms with Crippen molar-refractivity contribution in [2.24, 2.45) is 0 Å². The number of amides is 1. The van der Waals surface area contributed by atoms with Crippen LogP contribution in [-0.2, 0) is 14.3 Å². The molecule has 4 heterocycles. The highest BCUT2D eigenvalue weighted by molar-refractivity contribution is 6.31. The molecular weight excluding hydrogens is 574 g/mol. The van der Waals surface area contributed by atoms with Gasteiger partial charge in [0.1, 0.15) is 17.4 Å². The van der Waals surface area contributed by atoms with E-state index >= 15 is 0 Å². The maximum absolute atomic E-state index is 13.8. The number of carbonyl (C=O) groups excluding carboxylic acids is 2. The summed E-state index contributed by atoms with van der Waals surface area (Å²) in [4.78, 5) is 43.8. The number of halogens is 1. The average molecular weight is 604 g/mol. The molecule has 0 aliphatic carbocycles. The Morgan fingerprint density at radius 3 is 2.74 bits per heavy atom. The first kappa shape index (κ1) is 29.8. The molecule has 12 heteroatoms. The number of fused-ring (bicyclic) bond motifs is 1. The highest BCUT2D eigenvalue weighted by atomic mass is 35.5. The van der Waals surface area contributed by atoms with E-state index in [1.54, 1.807) is 47.9 Å². The molecule has 43 heavy (non-hydrogen) atoms. The van der Waals surface area contributed by atoms with Gasteiger partial charge in [0.25, 0.3) is 5.56 Å². The molecular formula is C31H30ClN5O6. The Labute approximate surface area is 252 Å². The Hall–Kier alpha value is -4.66. The summed E-state index contributed by atoms with van der Waals surface area (Å²) in [6, 6.07) is 10.6. The molecule has 1 aromatic carbocycles. The second kappa shape index (κ2) is 13.1. The van der Waals surface area contributed by atoms with Crippen molar-refractivity contribution in [3.05, 3.63) is 81.6 Å². The number of aromatic nitrogens is 3. The zero-order valence-electron chi connectivity index (χ0n) is 23.7. The summed E-state index contributed by atoms with van der Waals surface area (Å²) in [6.07, 6.45) is 7.34. The van der Waals surface area contributed by atoms with E-state index in [9.17, 15) is 19.6 Å². The zero-order chi connectivity index (χ0) is 30.5. The third kappa shape index (κ3) is 6.56. The van der Waals surface area contributed by atoms with Gasteiger partial charge in [-0.2, -0.15) is 5.26 Å². The minimum absolute atomic E-state index is 0.149. The molecule has 0 saturated carbocycles. The number of nitriles is 1. The van der Waals surface area contributed by atoms with E-state index in [1.807, 2.05) is 0 Å². The summed E-state index contributed by atoms with van der Waals surface area (Å²) < 4.78 is 19.5. The Balaban J connectivity index is 1.50. The van der Waals surface area contributed by atoms with Crippen molar-refractivity contribution in [2.75, 3.05) is 25.6 Å². The van der Waals surface area contributed by atoms with Gasteiger partial charge in [-0.1, -0.05) is 11.6 Å². The Bertz CT molecular complexity index is 1770. The summed E-state index contributed by atoms with van der Waals surface area (Å²) in [5.41, 5.74) is 1.79. The molecule has 5 rings (SSSR count). The number of imidazole rings is 1. The minimum Gasteiger partial charge on any atom is -0.495 e. The second-order valence-electron chi connectivity index (χ2n) is 10.1. The number of ether oxygens (including phenoxy) is 3. The number of methoxy groups -OCH3 is 1. The maximum atomic E-state index is 13.8. The van der Waals surface area contributed by atoms with Gasteiger partial charge in [-0.25, -0.2) is 9.78 Å². The van der Waals surface area contributed by atoms with E-state index in [4.69, 9.17) is 25.8 Å². The van der Waals surface area contributed by atoms with Gasteiger partial charge in [0.05, 0.1) is 43.3 Å². The van der Waals surface area contributed by atoms with Crippen molar-refractivity contribution >= 4 is 34.8 Å². The molecule has 1 fully saturated rings. The fraction of sp³-hybridized carbons (Fsp3) is 0.323. The van der Waals surface area contributed by atoms with Crippen LogP contribution in [0.5, 0.6) is 5.75 Å². The van der Waals surface area contributed by atoms with Gasteiger partial charge >= 0.3 is 5.97 Å². The lowest BCUT2D eigenvalue weighted by Crippen LogP contribution is -2.36. The molecule has 1 aliphatic rings. The summed E-state index contributed by atoms with van der Waals surface area (Å²) in [7, 11) is 1.45. The predicted molar refractivity (Wildman–Crippen MR) is 159 cm³/mol. The van der Waals surface area contributed by atoms with Gasteiger partial charge < -0.3 is 23.9 Å². The molecule has 1 saturated heterocycles. The number of nitrogens with zero attached hydrogens (tertiary/aromatic N) is 4. The molecule has 1 amide bonds. The topological polar surface area (TPSA) is 137 Å². The van der Waals surface area contributed by atoms with Crippen LogP contribution in [0.2, 0.25) is 5.02 Å². The predicted octanol–water partition coefficient (Wildman–Crippen LogP) is 5.01. The first-order valence-corrected chi connectivity index (χ1v) is 14.3. The zero-order valence-corrected chi connectivity index (χ0v) is 24.5. The average Bonchev–Trinajstić information content (AvgIpc) is 3.44. The molecule has 2 unspecified atom stereocenters. The molecule has 0 spiro atoms. The highest BCUT2D eigenvalue weighted by Crippen LogP contribution is 2.34. The number of benzene rings is 1. The van der Waals surface area contributed by atoms with Gasteiger partial charge in [-0.15, -0.1) is 0 Å². The van der Waals surface area contributed by atoms with Crippen molar-refractivity contribution in [1.29, 1.82) is 5.26 Å². The van der Waals surface area contributed by atoms with E-state index in [2.05, 4.69) is 16.4 Å². The lowest BCUT2D eigenvalue weighted by atomic mass is 9.99. The number of nitrogens with one attached hydrogen (secondary N) is 1. The molecule has 3 aromatic heterocycles. The molecule has 0 bridgehead atoms. The van der Waals surface area contributed by atoms with Crippen LogP contribution in [0.15, 0.2) is 59.8 Å². The van der Waals surface area contributed by atoms with E-state index in [1.165, 1.54) is 30.1 Å². The van der Waals surface area contributed by atoms with Crippen molar-refractivity contribution < 1.29 is 23.8 Å². The number of pyridine rings is 2. The van der Waals surface area contributed by atoms with E-state index in [-0.39, 0.29) is 24.8 Å². The molecule has 4 aromatic rings. The van der Waals surface area contributed by atoms with Gasteiger partial charge in [0, 0.05) is 47.6 Å². The largest absolute Gasteiger partial charge is 0.495 e. The first-order chi connectivity index (χ1) is 20.8. The van der Waals surface area contributed by atoms with Gasteiger partial charge in [0.15, 0.2) is 5.69 Å². The van der Waals surface area contributed by atoms with Crippen molar-refractivity contribution in [3.63, 3.8) is 0 Å². The van der Waals surface area contributed by atoms with Gasteiger partial charge in [-0.05, 0) is 56.5 Å². The Morgan fingerprint density at radius 1 is 1.19 bits per heavy atom. The highest BCUT2D eigenvalue weighted by Gasteiger charge is 2.29. The summed E-state index contributed by atoms with van der Waals surface area (Å²) in [5.74, 6) is -0.676. The van der Waals surface area contributed by atoms with Crippen LogP contribution in [0.1, 0.15) is 54.7 Å². The van der Waals surface area contributed by atoms with E-state index < -0.39 is 23.5 Å². The third-order valence-corrected chi connectivity index (χ3v) is 7.49. The number of hydrogen-bond donors (Lipinski definition) is 1. The molecule has 1 N–H and O–H groups in total. The van der Waals surface area contributed by atoms with Crippen LogP contribution in [-0.4, -0.2) is 52.3 Å². The fourth-order valence-corrected chi connectivity index (χ4v) is 5.34. The minimum atomic E-state index is -0.943. The van der Waals surface area contributed by atoms with E-state index in [0.29, 0.717) is 45.4 Å². The van der Waals surface area contributed by atoms with Crippen molar-refractivity contribution in [1.82, 2.24) is 14.0 Å². The standard InChI is InChI=1S/C31H30ClN5O6/c1-3-42-31(40)25-17-36-16-21(9-10-28(36)35-25)34-30(39)26(13-22-6-4-5-11-43-22)37-18-27(41-2)24(14-29(37)38)23-12-20(32)8-7-19(23)15-33/h7-10,12,14,16-18,22,26H,3-6,11,13H2,1-2H3,(H,34,39). The normalized spacial score (nSPS) is 15.4. The van der Waals surface area contributed by atoms with Crippen molar-refractivity contribution in [3.8, 4) is 22.9 Å². The third-order valence-electron chi connectivity index (χ3n) is 7.26. The van der Waals surface area contributed by atoms with Gasteiger partial charge in [-0.3, -0.25) is 14.2 Å². The van der Waals surface area contributed by atoms with Crippen LogP contribution in [0.3, 0.4) is 0 Å². The monoisotopic (exact) mass is 603 g/mol. The van der Waals surface area contributed by atoms with Crippen LogP contribution in [0, 0.1) is 11.3 Å². The van der Waals surface area contributed by atoms with Crippen LogP contribution in [0.25, 0.3) is 16.8 Å². The Morgan fingerprint density at radius 2 is 2.02 bits per heavy atom. The summed E-state index contributed by atoms with van der Waals surface area (Å²) in [5, 5.41) is 12.9. The van der Waals surface area contributed by atoms with Crippen LogP contribution < -0.4 is 15.6 Å². The first-order valence-electron chi connectivity index (χ1n) is 13.9. The smallest absolute Gasteiger partial charge is 0.358 e. The SMILES string of the molecule is CCOC(=O)c1cn2cc(NC(=O)C(CC3CCCCO3)n3cc(OC)c(-c4cc(Cl)ccc4C#N)cc3=O)ccc2n1.